The molecule has 4 aromatic rings. The van der Waals surface area contributed by atoms with Crippen molar-refractivity contribution in [3.05, 3.63) is 57.6 Å². The standard InChI is InChI=1S/C33H40Cl2F3N9O2/c1-32(2,3)30(49)40-16-18-7-12-22(34)26(25(18)35)43-31-42-23-15-21(29(48)41-20-10-8-19(9-11-20)33(36,37)38)27(44-28(23)47(31)6)46(5)17-24-39-13-14-45(24)4/h7,12-15,19-20H,8-11,16-17H2,1-6H3,(H,40,49)(H,41,48)(H,42,43)/t19-,20-. The molecule has 1 aliphatic rings. The number of pyridine rings is 1. The Morgan fingerprint density at radius 3 is 2.37 bits per heavy atom. The van der Waals surface area contributed by atoms with Crippen LogP contribution in [0.1, 0.15) is 68.2 Å². The van der Waals surface area contributed by atoms with Crippen molar-refractivity contribution < 1.29 is 22.8 Å². The van der Waals surface area contributed by atoms with Crippen LogP contribution in [0.4, 0.5) is 30.6 Å². The summed E-state index contributed by atoms with van der Waals surface area (Å²) < 4.78 is 43.3. The fourth-order valence-electron chi connectivity index (χ4n) is 5.74. The number of carbonyl (C=O) groups excluding carboxylic acids is 2. The van der Waals surface area contributed by atoms with Crippen LogP contribution < -0.4 is 20.9 Å². The molecule has 0 bridgehead atoms. The molecule has 1 fully saturated rings. The summed E-state index contributed by atoms with van der Waals surface area (Å²) in [5.74, 6) is -0.532. The monoisotopic (exact) mass is 721 g/mol. The third-order valence-electron chi connectivity index (χ3n) is 8.78. The van der Waals surface area contributed by atoms with Gasteiger partial charge in [-0.3, -0.25) is 14.2 Å². The van der Waals surface area contributed by atoms with Gasteiger partial charge in [-0.25, -0.2) is 15.0 Å². The Balaban J connectivity index is 1.46. The molecular weight excluding hydrogens is 682 g/mol. The van der Waals surface area contributed by atoms with Gasteiger partial charge in [0, 0.05) is 51.5 Å². The van der Waals surface area contributed by atoms with Gasteiger partial charge in [-0.15, -0.1) is 0 Å². The van der Waals surface area contributed by atoms with E-state index in [9.17, 15) is 22.8 Å². The van der Waals surface area contributed by atoms with E-state index in [1.807, 2.05) is 38.6 Å². The van der Waals surface area contributed by atoms with Crippen LogP contribution in [0.25, 0.3) is 11.2 Å². The highest BCUT2D eigenvalue weighted by atomic mass is 35.5. The van der Waals surface area contributed by atoms with Gasteiger partial charge < -0.3 is 25.4 Å². The van der Waals surface area contributed by atoms with Crippen molar-refractivity contribution in [2.45, 2.75) is 71.8 Å². The first-order valence-corrected chi connectivity index (χ1v) is 16.6. The number of anilines is 3. The van der Waals surface area contributed by atoms with Crippen LogP contribution in [-0.4, -0.2) is 55.2 Å². The van der Waals surface area contributed by atoms with Crippen molar-refractivity contribution in [3.63, 3.8) is 0 Å². The molecule has 5 rings (SSSR count). The smallest absolute Gasteiger partial charge is 0.352 e. The van der Waals surface area contributed by atoms with Crippen molar-refractivity contribution >= 4 is 63.6 Å². The zero-order valence-electron chi connectivity index (χ0n) is 28.2. The van der Waals surface area contributed by atoms with E-state index >= 15 is 0 Å². The highest BCUT2D eigenvalue weighted by molar-refractivity contribution is 6.39. The zero-order valence-corrected chi connectivity index (χ0v) is 29.7. The van der Waals surface area contributed by atoms with Crippen LogP contribution in [0, 0.1) is 11.3 Å². The second-order valence-electron chi connectivity index (χ2n) is 13.5. The van der Waals surface area contributed by atoms with Crippen LogP contribution in [0.3, 0.4) is 0 Å². The maximum absolute atomic E-state index is 13.8. The number of amides is 2. The Labute approximate surface area is 292 Å². The predicted octanol–water partition coefficient (Wildman–Crippen LogP) is 6.90. The molecule has 264 valence electrons. The third-order valence-corrected chi connectivity index (χ3v) is 9.53. The van der Waals surface area contributed by atoms with Gasteiger partial charge in [0.25, 0.3) is 5.91 Å². The molecule has 1 saturated carbocycles. The number of rotatable bonds is 9. The van der Waals surface area contributed by atoms with E-state index in [0.717, 1.165) is 5.82 Å². The Morgan fingerprint density at radius 2 is 1.76 bits per heavy atom. The number of aromatic nitrogens is 5. The molecule has 1 aromatic carbocycles. The van der Waals surface area contributed by atoms with Crippen LogP contribution >= 0.6 is 23.2 Å². The number of aryl methyl sites for hydroxylation is 2. The molecule has 0 radical (unpaired) electrons. The number of carbonyl (C=O) groups is 2. The summed E-state index contributed by atoms with van der Waals surface area (Å²) in [5.41, 5.74) is 1.51. The average Bonchev–Trinajstić information content (AvgIpc) is 3.57. The van der Waals surface area contributed by atoms with Crippen LogP contribution in [0.2, 0.25) is 10.0 Å². The molecule has 2 amide bonds. The van der Waals surface area contributed by atoms with E-state index in [0.29, 0.717) is 50.8 Å². The van der Waals surface area contributed by atoms with Gasteiger partial charge in [0.2, 0.25) is 11.9 Å². The van der Waals surface area contributed by atoms with E-state index in [1.54, 1.807) is 48.0 Å². The molecule has 11 nitrogen and oxygen atoms in total. The quantitative estimate of drug-likeness (QED) is 0.172. The second kappa shape index (κ2) is 14.1. The molecule has 16 heteroatoms. The summed E-state index contributed by atoms with van der Waals surface area (Å²) >= 11 is 13.3. The minimum absolute atomic E-state index is 0.0395. The zero-order chi connectivity index (χ0) is 35.8. The predicted molar refractivity (Wildman–Crippen MR) is 184 cm³/mol. The van der Waals surface area contributed by atoms with Gasteiger partial charge in [-0.1, -0.05) is 50.0 Å². The lowest BCUT2D eigenvalue weighted by Crippen LogP contribution is -2.40. The van der Waals surface area contributed by atoms with E-state index in [1.165, 1.54) is 0 Å². The molecule has 1 aliphatic carbocycles. The van der Waals surface area contributed by atoms with Gasteiger partial charge in [0.05, 0.1) is 33.8 Å². The first-order valence-electron chi connectivity index (χ1n) is 15.9. The maximum Gasteiger partial charge on any atom is 0.391 e. The lowest BCUT2D eigenvalue weighted by atomic mass is 9.85. The Bertz CT molecular complexity index is 1860. The van der Waals surface area contributed by atoms with Crippen molar-refractivity contribution in [3.8, 4) is 0 Å². The number of alkyl halides is 3. The van der Waals surface area contributed by atoms with Crippen molar-refractivity contribution in [1.29, 1.82) is 0 Å². The molecule has 3 N–H and O–H groups in total. The normalized spacial score (nSPS) is 16.9. The van der Waals surface area contributed by atoms with E-state index in [2.05, 4.69) is 20.9 Å². The molecule has 0 unspecified atom stereocenters. The Kier molecular flexibility index (Phi) is 10.4. The van der Waals surface area contributed by atoms with Gasteiger partial charge in [0.1, 0.15) is 17.2 Å². The number of hydrogen-bond donors (Lipinski definition) is 3. The third kappa shape index (κ3) is 8.07. The fraction of sp³-hybridized carbons (Fsp3) is 0.485. The van der Waals surface area contributed by atoms with Gasteiger partial charge in [-0.05, 0) is 43.4 Å². The molecule has 0 atom stereocenters. The second-order valence-corrected chi connectivity index (χ2v) is 14.3. The fourth-order valence-corrected chi connectivity index (χ4v) is 6.27. The number of halogens is 5. The molecule has 0 saturated heterocycles. The Hall–Kier alpha value is -4.04. The molecule has 49 heavy (non-hydrogen) atoms. The van der Waals surface area contributed by atoms with E-state index in [-0.39, 0.29) is 43.7 Å². The number of imidazole rings is 2. The van der Waals surface area contributed by atoms with Crippen LogP contribution in [0.15, 0.2) is 30.6 Å². The number of hydrogen-bond acceptors (Lipinski definition) is 7. The van der Waals surface area contributed by atoms with E-state index in [4.69, 9.17) is 33.2 Å². The molecular formula is C33H40Cl2F3N9O2. The Morgan fingerprint density at radius 1 is 1.06 bits per heavy atom. The maximum atomic E-state index is 13.8. The van der Waals surface area contributed by atoms with Gasteiger partial charge in [0.15, 0.2) is 5.65 Å². The summed E-state index contributed by atoms with van der Waals surface area (Å²) in [7, 11) is 5.40. The minimum atomic E-state index is -4.24. The number of benzene rings is 1. The number of nitrogens with zero attached hydrogens (tertiary/aromatic N) is 6. The largest absolute Gasteiger partial charge is 0.391 e. The molecule has 0 spiro atoms. The lowest BCUT2D eigenvalue weighted by molar-refractivity contribution is -0.182. The van der Waals surface area contributed by atoms with Crippen molar-refractivity contribution in [2.75, 3.05) is 17.3 Å². The number of fused-ring (bicyclic) bond motifs is 1. The van der Waals surface area contributed by atoms with Crippen LogP contribution in [0.5, 0.6) is 0 Å². The first-order chi connectivity index (χ1) is 22.9. The van der Waals surface area contributed by atoms with Gasteiger partial charge in [-0.2, -0.15) is 13.2 Å². The number of nitrogens with one attached hydrogen (secondary N) is 3. The SMILES string of the molecule is CN(Cc1nccn1C)c1nc2c(cc1C(=O)N[C@H]1CC[C@H](C(F)(F)F)CC1)nc(Nc1c(Cl)ccc(CNC(=O)C(C)(C)C)c1Cl)n2C. The minimum Gasteiger partial charge on any atom is -0.352 e. The molecule has 3 heterocycles. The van der Waals surface area contributed by atoms with Crippen LogP contribution in [-0.2, 0) is 32.0 Å². The summed E-state index contributed by atoms with van der Waals surface area (Å²) in [6.45, 7) is 5.96. The molecule has 3 aromatic heterocycles. The summed E-state index contributed by atoms with van der Waals surface area (Å²) in [6, 6.07) is 4.63. The van der Waals surface area contributed by atoms with Crippen molar-refractivity contribution in [2.24, 2.45) is 25.4 Å². The van der Waals surface area contributed by atoms with Gasteiger partial charge >= 0.3 is 6.18 Å². The average molecular weight is 723 g/mol. The highest BCUT2D eigenvalue weighted by Crippen LogP contribution is 2.38. The highest BCUT2D eigenvalue weighted by Gasteiger charge is 2.41. The topological polar surface area (TPSA) is 122 Å². The summed E-state index contributed by atoms with van der Waals surface area (Å²) in [6.07, 6.45) is -0.386. The first kappa shape index (κ1) is 36.2. The van der Waals surface area contributed by atoms with Crippen molar-refractivity contribution in [1.82, 2.24) is 34.7 Å². The molecule has 0 aliphatic heterocycles. The summed E-state index contributed by atoms with van der Waals surface area (Å²) in [5, 5.41) is 9.65. The summed E-state index contributed by atoms with van der Waals surface area (Å²) in [4.78, 5) is 42.0. The lowest BCUT2D eigenvalue weighted by Gasteiger charge is -2.30. The van der Waals surface area contributed by atoms with E-state index < -0.39 is 29.5 Å².